The molecule has 1 aromatic rings. The third-order valence-electron chi connectivity index (χ3n) is 3.95. The van der Waals surface area contributed by atoms with Crippen LogP contribution in [0.1, 0.15) is 54.3 Å². The van der Waals surface area contributed by atoms with Crippen LogP contribution in [-0.2, 0) is 0 Å². The highest BCUT2D eigenvalue weighted by Gasteiger charge is 2.31. The normalized spacial score (nSPS) is 15.8. The van der Waals surface area contributed by atoms with Crippen molar-refractivity contribution >= 4 is 11.8 Å². The lowest BCUT2D eigenvalue weighted by Gasteiger charge is -2.18. The molecule has 4 N–H and O–H groups in total. The van der Waals surface area contributed by atoms with Crippen LogP contribution in [0.25, 0.3) is 0 Å². The highest BCUT2D eigenvalue weighted by molar-refractivity contribution is 5.97. The van der Waals surface area contributed by atoms with E-state index in [1.54, 1.807) is 24.3 Å². The molecule has 0 heterocycles. The first-order valence-corrected chi connectivity index (χ1v) is 8.19. The summed E-state index contributed by atoms with van der Waals surface area (Å²) >= 11 is 0. The zero-order chi connectivity index (χ0) is 17.0. The first-order valence-electron chi connectivity index (χ1n) is 8.19. The molecule has 2 rings (SSSR count). The van der Waals surface area contributed by atoms with Gasteiger partial charge in [-0.15, -0.1) is 0 Å². The van der Waals surface area contributed by atoms with Crippen LogP contribution in [0.5, 0.6) is 0 Å². The Bertz CT molecular complexity index is 557. The molecule has 1 aromatic carbocycles. The zero-order valence-corrected chi connectivity index (χ0v) is 14.2. The van der Waals surface area contributed by atoms with Gasteiger partial charge in [0.1, 0.15) is 0 Å². The van der Waals surface area contributed by atoms with Crippen molar-refractivity contribution in [2.45, 2.75) is 39.7 Å². The van der Waals surface area contributed by atoms with Crippen molar-refractivity contribution in [2.75, 3.05) is 13.1 Å². The molecule has 1 unspecified atom stereocenters. The van der Waals surface area contributed by atoms with E-state index in [0.717, 1.165) is 12.8 Å². The number of benzene rings is 1. The van der Waals surface area contributed by atoms with Crippen molar-refractivity contribution in [2.24, 2.45) is 17.1 Å². The van der Waals surface area contributed by atoms with E-state index < -0.39 is 0 Å². The maximum atomic E-state index is 12.2. The van der Waals surface area contributed by atoms with Gasteiger partial charge in [0.25, 0.3) is 11.8 Å². The van der Waals surface area contributed by atoms with Crippen LogP contribution in [0.4, 0.5) is 0 Å². The molecule has 1 saturated carbocycles. The summed E-state index contributed by atoms with van der Waals surface area (Å²) in [5, 5.41) is 5.87. The molecule has 0 saturated heterocycles. The fourth-order valence-corrected chi connectivity index (χ4v) is 2.34. The molecule has 5 heteroatoms. The van der Waals surface area contributed by atoms with Crippen molar-refractivity contribution in [3.63, 3.8) is 0 Å². The van der Waals surface area contributed by atoms with Crippen LogP contribution in [0, 0.1) is 11.3 Å². The molecule has 1 fully saturated rings. The van der Waals surface area contributed by atoms with E-state index in [4.69, 9.17) is 5.73 Å². The van der Waals surface area contributed by atoms with Gasteiger partial charge in [-0.25, -0.2) is 0 Å². The molecule has 1 atom stereocenters. The standard InChI is InChI=1S/C18H27N3O2/c1-18(2,3)11-20-16(22)13-6-8-14(9-7-13)17(23)21-15(10-19)12-4-5-12/h6-9,12,15H,4-5,10-11,19H2,1-3H3,(H,20,22)(H,21,23). The Morgan fingerprint density at radius 3 is 2.09 bits per heavy atom. The van der Waals surface area contributed by atoms with Crippen molar-refractivity contribution < 1.29 is 9.59 Å². The Labute approximate surface area is 138 Å². The van der Waals surface area contributed by atoms with Gasteiger partial charge in [0.2, 0.25) is 0 Å². The van der Waals surface area contributed by atoms with E-state index >= 15 is 0 Å². The summed E-state index contributed by atoms with van der Waals surface area (Å²) in [6, 6.07) is 6.78. The van der Waals surface area contributed by atoms with Crippen LogP contribution in [0.3, 0.4) is 0 Å². The van der Waals surface area contributed by atoms with Crippen LogP contribution in [-0.4, -0.2) is 30.9 Å². The summed E-state index contributed by atoms with van der Waals surface area (Å²) in [4.78, 5) is 24.3. The fraction of sp³-hybridized carbons (Fsp3) is 0.556. The van der Waals surface area contributed by atoms with Gasteiger partial charge in [0, 0.05) is 30.3 Å². The van der Waals surface area contributed by atoms with E-state index in [9.17, 15) is 9.59 Å². The minimum absolute atomic E-state index is 0.0372. The highest BCUT2D eigenvalue weighted by Crippen LogP contribution is 2.32. The van der Waals surface area contributed by atoms with Gasteiger partial charge >= 0.3 is 0 Å². The van der Waals surface area contributed by atoms with Gasteiger partial charge in [-0.3, -0.25) is 9.59 Å². The predicted molar refractivity (Wildman–Crippen MR) is 91.3 cm³/mol. The maximum Gasteiger partial charge on any atom is 0.251 e. The molecule has 1 aliphatic rings. The van der Waals surface area contributed by atoms with Crippen LogP contribution >= 0.6 is 0 Å². The summed E-state index contributed by atoms with van der Waals surface area (Å²) in [6.45, 7) is 7.26. The molecule has 126 valence electrons. The molecular weight excluding hydrogens is 290 g/mol. The number of hydrogen-bond acceptors (Lipinski definition) is 3. The van der Waals surface area contributed by atoms with E-state index in [0.29, 0.717) is 30.1 Å². The van der Waals surface area contributed by atoms with Gasteiger partial charge in [-0.2, -0.15) is 0 Å². The molecule has 0 aromatic heterocycles. The second kappa shape index (κ2) is 7.13. The average molecular weight is 317 g/mol. The Balaban J connectivity index is 1.93. The van der Waals surface area contributed by atoms with Gasteiger partial charge in [0.15, 0.2) is 0 Å². The van der Waals surface area contributed by atoms with E-state index in [1.165, 1.54) is 0 Å². The van der Waals surface area contributed by atoms with Crippen LogP contribution < -0.4 is 16.4 Å². The molecule has 0 aliphatic heterocycles. The van der Waals surface area contributed by atoms with Gasteiger partial charge in [-0.1, -0.05) is 20.8 Å². The Morgan fingerprint density at radius 1 is 1.13 bits per heavy atom. The van der Waals surface area contributed by atoms with Crippen molar-refractivity contribution in [1.29, 1.82) is 0 Å². The summed E-state index contributed by atoms with van der Waals surface area (Å²) in [5.74, 6) is 0.269. The summed E-state index contributed by atoms with van der Waals surface area (Å²) in [7, 11) is 0. The van der Waals surface area contributed by atoms with Gasteiger partial charge in [-0.05, 0) is 48.4 Å². The molecule has 0 bridgehead atoms. The quantitative estimate of drug-likeness (QED) is 0.749. The minimum atomic E-state index is -0.131. The number of nitrogens with two attached hydrogens (primary N) is 1. The zero-order valence-electron chi connectivity index (χ0n) is 14.2. The predicted octanol–water partition coefficient (Wildman–Crippen LogP) is 1.93. The van der Waals surface area contributed by atoms with E-state index in [1.807, 2.05) is 0 Å². The van der Waals surface area contributed by atoms with Crippen molar-refractivity contribution in [3.8, 4) is 0 Å². The Hall–Kier alpha value is -1.88. The highest BCUT2D eigenvalue weighted by atomic mass is 16.2. The lowest BCUT2D eigenvalue weighted by atomic mass is 9.97. The number of hydrogen-bond donors (Lipinski definition) is 3. The second-order valence-corrected chi connectivity index (χ2v) is 7.47. The summed E-state index contributed by atoms with van der Waals surface area (Å²) in [6.07, 6.45) is 2.27. The average Bonchev–Trinajstić information content (AvgIpc) is 3.34. The number of carbonyl (C=O) groups excluding carboxylic acids is 2. The fourth-order valence-electron chi connectivity index (χ4n) is 2.34. The van der Waals surface area contributed by atoms with E-state index in [2.05, 4.69) is 31.4 Å². The molecular formula is C18H27N3O2. The van der Waals surface area contributed by atoms with Crippen LogP contribution in [0.15, 0.2) is 24.3 Å². The topological polar surface area (TPSA) is 84.2 Å². The lowest BCUT2D eigenvalue weighted by Crippen LogP contribution is -2.41. The Morgan fingerprint density at radius 2 is 1.65 bits per heavy atom. The van der Waals surface area contributed by atoms with Crippen LogP contribution in [0.2, 0.25) is 0 Å². The van der Waals surface area contributed by atoms with Gasteiger partial charge < -0.3 is 16.4 Å². The largest absolute Gasteiger partial charge is 0.352 e. The minimum Gasteiger partial charge on any atom is -0.352 e. The monoisotopic (exact) mass is 317 g/mol. The van der Waals surface area contributed by atoms with Gasteiger partial charge in [0.05, 0.1) is 0 Å². The SMILES string of the molecule is CC(C)(C)CNC(=O)c1ccc(C(=O)NC(CN)C2CC2)cc1. The molecule has 0 spiro atoms. The van der Waals surface area contributed by atoms with Crippen molar-refractivity contribution in [3.05, 3.63) is 35.4 Å². The lowest BCUT2D eigenvalue weighted by molar-refractivity contribution is 0.0924. The third-order valence-corrected chi connectivity index (χ3v) is 3.95. The molecule has 0 radical (unpaired) electrons. The first-order chi connectivity index (χ1) is 10.8. The molecule has 5 nitrogen and oxygen atoms in total. The maximum absolute atomic E-state index is 12.2. The second-order valence-electron chi connectivity index (χ2n) is 7.47. The summed E-state index contributed by atoms with van der Waals surface area (Å²) < 4.78 is 0. The molecule has 2 amide bonds. The number of amides is 2. The van der Waals surface area contributed by atoms with Crippen molar-refractivity contribution in [1.82, 2.24) is 10.6 Å². The first kappa shape index (κ1) is 17.5. The molecule has 1 aliphatic carbocycles. The number of carbonyl (C=O) groups is 2. The van der Waals surface area contributed by atoms with E-state index in [-0.39, 0.29) is 23.3 Å². The number of rotatable bonds is 6. The Kier molecular flexibility index (Phi) is 5.42. The smallest absolute Gasteiger partial charge is 0.251 e. The molecule has 23 heavy (non-hydrogen) atoms. The third kappa shape index (κ3) is 5.36. The number of nitrogens with one attached hydrogen (secondary N) is 2. The summed E-state index contributed by atoms with van der Waals surface area (Å²) in [5.41, 5.74) is 6.85.